The standard InChI is InChI=1S/C12H22N2O5S2/c1-10(2)8-13-9-11-4-5-12(19-11)21(17,18)14-6-7-20(3,15)16/h4-5,10,13-14H,6-9H2,1-3H3. The van der Waals surface area contributed by atoms with Crippen molar-refractivity contribution in [2.45, 2.75) is 25.5 Å². The minimum absolute atomic E-state index is 0.178. The minimum atomic E-state index is -3.81. The van der Waals surface area contributed by atoms with E-state index in [-0.39, 0.29) is 17.4 Å². The van der Waals surface area contributed by atoms with Gasteiger partial charge in [0.2, 0.25) is 5.09 Å². The van der Waals surface area contributed by atoms with Crippen LogP contribution in [0.25, 0.3) is 0 Å². The Labute approximate surface area is 126 Å². The second kappa shape index (κ2) is 7.39. The Bertz CT molecular complexity index is 647. The van der Waals surface area contributed by atoms with E-state index >= 15 is 0 Å². The molecule has 122 valence electrons. The van der Waals surface area contributed by atoms with E-state index in [0.29, 0.717) is 18.2 Å². The Morgan fingerprint density at radius 1 is 1.19 bits per heavy atom. The number of furan rings is 1. The third-order valence-corrected chi connectivity index (χ3v) is 4.80. The Morgan fingerprint density at radius 2 is 1.86 bits per heavy atom. The molecule has 0 unspecified atom stereocenters. The highest BCUT2D eigenvalue weighted by Crippen LogP contribution is 2.13. The number of rotatable bonds is 9. The molecule has 0 radical (unpaired) electrons. The number of sulfonamides is 1. The first-order chi connectivity index (χ1) is 9.60. The van der Waals surface area contributed by atoms with E-state index in [2.05, 4.69) is 23.9 Å². The topological polar surface area (TPSA) is 105 Å². The van der Waals surface area contributed by atoms with Crippen LogP contribution in [0, 0.1) is 5.92 Å². The van der Waals surface area contributed by atoms with Crippen molar-refractivity contribution < 1.29 is 21.3 Å². The zero-order valence-electron chi connectivity index (χ0n) is 12.4. The molecule has 0 fully saturated rings. The van der Waals surface area contributed by atoms with E-state index in [1.165, 1.54) is 6.07 Å². The first kappa shape index (κ1) is 18.1. The Kier molecular flexibility index (Phi) is 6.39. The van der Waals surface area contributed by atoms with Gasteiger partial charge in [-0.25, -0.2) is 21.6 Å². The normalized spacial score (nSPS) is 13.0. The van der Waals surface area contributed by atoms with Gasteiger partial charge in [0, 0.05) is 12.8 Å². The predicted molar refractivity (Wildman–Crippen MR) is 80.2 cm³/mol. The Hall–Kier alpha value is -0.900. The minimum Gasteiger partial charge on any atom is -0.447 e. The van der Waals surface area contributed by atoms with Crippen molar-refractivity contribution in [1.29, 1.82) is 0 Å². The van der Waals surface area contributed by atoms with Crippen LogP contribution in [0.1, 0.15) is 19.6 Å². The summed E-state index contributed by atoms with van der Waals surface area (Å²) < 4.78 is 53.2. The summed E-state index contributed by atoms with van der Waals surface area (Å²) in [6, 6.07) is 2.94. The van der Waals surface area contributed by atoms with Crippen LogP contribution in [0.5, 0.6) is 0 Å². The maximum Gasteiger partial charge on any atom is 0.273 e. The number of nitrogens with one attached hydrogen (secondary N) is 2. The molecule has 0 spiro atoms. The predicted octanol–water partition coefficient (Wildman–Crippen LogP) is 0.348. The number of hydrogen-bond donors (Lipinski definition) is 2. The van der Waals surface area contributed by atoms with Crippen molar-refractivity contribution in [1.82, 2.24) is 10.0 Å². The van der Waals surface area contributed by atoms with Crippen molar-refractivity contribution in [3.63, 3.8) is 0 Å². The molecular formula is C12H22N2O5S2. The first-order valence-corrected chi connectivity index (χ1v) is 10.1. The fraction of sp³-hybridized carbons (Fsp3) is 0.667. The summed E-state index contributed by atoms with van der Waals surface area (Å²) in [5, 5.41) is 2.93. The highest BCUT2D eigenvalue weighted by molar-refractivity contribution is 7.91. The summed E-state index contributed by atoms with van der Waals surface area (Å²) >= 11 is 0. The quantitative estimate of drug-likeness (QED) is 0.673. The summed E-state index contributed by atoms with van der Waals surface area (Å²) in [7, 11) is -7.02. The van der Waals surface area contributed by atoms with E-state index in [9.17, 15) is 16.8 Å². The lowest BCUT2D eigenvalue weighted by Gasteiger charge is -2.05. The summed E-state index contributed by atoms with van der Waals surface area (Å²) in [5.41, 5.74) is 0. The van der Waals surface area contributed by atoms with Gasteiger partial charge in [0.05, 0.1) is 12.3 Å². The van der Waals surface area contributed by atoms with Crippen LogP contribution < -0.4 is 10.0 Å². The summed E-state index contributed by atoms with van der Waals surface area (Å²) in [5.74, 6) is 0.746. The van der Waals surface area contributed by atoms with Crippen LogP contribution >= 0.6 is 0 Å². The molecule has 7 nitrogen and oxygen atoms in total. The van der Waals surface area contributed by atoms with Crippen LogP contribution in [0.2, 0.25) is 0 Å². The molecule has 0 aliphatic carbocycles. The van der Waals surface area contributed by atoms with E-state index in [0.717, 1.165) is 12.8 Å². The van der Waals surface area contributed by atoms with Crippen LogP contribution in [0.15, 0.2) is 21.6 Å². The van der Waals surface area contributed by atoms with Gasteiger partial charge in [-0.15, -0.1) is 0 Å². The monoisotopic (exact) mass is 338 g/mol. The van der Waals surface area contributed by atoms with Gasteiger partial charge in [-0.2, -0.15) is 0 Å². The van der Waals surface area contributed by atoms with Crippen molar-refractivity contribution in [2.75, 3.05) is 25.1 Å². The van der Waals surface area contributed by atoms with E-state index in [1.54, 1.807) is 6.07 Å². The second-order valence-corrected chi connectivity index (χ2v) is 9.23. The SMILES string of the molecule is CC(C)CNCc1ccc(S(=O)(=O)NCCS(C)(=O)=O)o1. The fourth-order valence-electron chi connectivity index (χ4n) is 1.51. The van der Waals surface area contributed by atoms with Gasteiger partial charge in [-0.3, -0.25) is 0 Å². The average Bonchev–Trinajstić information content (AvgIpc) is 2.75. The van der Waals surface area contributed by atoms with Crippen molar-refractivity contribution in [2.24, 2.45) is 5.92 Å². The molecule has 2 N–H and O–H groups in total. The molecule has 0 saturated heterocycles. The van der Waals surface area contributed by atoms with Crippen LogP contribution in [-0.4, -0.2) is 41.9 Å². The third-order valence-electron chi connectivity index (χ3n) is 2.52. The van der Waals surface area contributed by atoms with Crippen molar-refractivity contribution in [3.8, 4) is 0 Å². The molecule has 1 rings (SSSR count). The van der Waals surface area contributed by atoms with Crippen LogP contribution in [0.3, 0.4) is 0 Å². The van der Waals surface area contributed by atoms with Crippen LogP contribution in [-0.2, 0) is 26.4 Å². The molecule has 0 bridgehead atoms. The molecule has 1 aromatic heterocycles. The molecule has 1 aromatic rings. The Balaban J connectivity index is 2.57. The summed E-state index contributed by atoms with van der Waals surface area (Å²) in [6.07, 6.45) is 1.05. The number of hydrogen-bond acceptors (Lipinski definition) is 6. The van der Waals surface area contributed by atoms with Crippen molar-refractivity contribution >= 4 is 19.9 Å². The molecule has 9 heteroatoms. The summed E-state index contributed by atoms with van der Waals surface area (Å²) in [4.78, 5) is 0. The van der Waals surface area contributed by atoms with E-state index in [4.69, 9.17) is 4.42 Å². The molecule has 0 amide bonds. The van der Waals surface area contributed by atoms with Gasteiger partial charge in [-0.05, 0) is 24.6 Å². The zero-order chi connectivity index (χ0) is 16.1. The smallest absolute Gasteiger partial charge is 0.273 e. The second-order valence-electron chi connectivity index (χ2n) is 5.27. The molecule has 0 aliphatic heterocycles. The lowest BCUT2D eigenvalue weighted by Crippen LogP contribution is -2.28. The fourth-order valence-corrected chi connectivity index (χ4v) is 3.09. The highest BCUT2D eigenvalue weighted by Gasteiger charge is 2.19. The molecule has 21 heavy (non-hydrogen) atoms. The number of sulfone groups is 1. The molecule has 1 heterocycles. The average molecular weight is 338 g/mol. The molecular weight excluding hydrogens is 316 g/mol. The van der Waals surface area contributed by atoms with Gasteiger partial charge in [-0.1, -0.05) is 13.8 Å². The molecule has 0 aliphatic rings. The lowest BCUT2D eigenvalue weighted by atomic mass is 10.2. The van der Waals surface area contributed by atoms with Gasteiger partial charge < -0.3 is 9.73 Å². The van der Waals surface area contributed by atoms with Gasteiger partial charge >= 0.3 is 0 Å². The Morgan fingerprint density at radius 3 is 2.43 bits per heavy atom. The van der Waals surface area contributed by atoms with Gasteiger partial charge in [0.1, 0.15) is 15.6 Å². The van der Waals surface area contributed by atoms with Crippen LogP contribution in [0.4, 0.5) is 0 Å². The van der Waals surface area contributed by atoms with E-state index in [1.807, 2.05) is 0 Å². The van der Waals surface area contributed by atoms with E-state index < -0.39 is 19.9 Å². The third kappa shape index (κ3) is 7.07. The molecule has 0 atom stereocenters. The maximum absolute atomic E-state index is 11.9. The van der Waals surface area contributed by atoms with Gasteiger partial charge in [0.25, 0.3) is 10.0 Å². The summed E-state index contributed by atoms with van der Waals surface area (Å²) in [6.45, 7) is 5.20. The first-order valence-electron chi connectivity index (χ1n) is 6.57. The van der Waals surface area contributed by atoms with Gasteiger partial charge in [0.15, 0.2) is 0 Å². The van der Waals surface area contributed by atoms with Crippen molar-refractivity contribution in [3.05, 3.63) is 17.9 Å². The zero-order valence-corrected chi connectivity index (χ0v) is 14.1. The largest absolute Gasteiger partial charge is 0.447 e. The molecule has 0 saturated carbocycles. The highest BCUT2D eigenvalue weighted by atomic mass is 32.2. The molecule has 0 aromatic carbocycles. The lowest BCUT2D eigenvalue weighted by molar-refractivity contribution is 0.395. The maximum atomic E-state index is 11.9.